The molecule has 1 aromatic heterocycles. The van der Waals surface area contributed by atoms with Crippen LogP contribution in [0.5, 0.6) is 0 Å². The summed E-state index contributed by atoms with van der Waals surface area (Å²) in [5.74, 6) is 1.26. The molecule has 0 N–H and O–H groups in total. The fourth-order valence-corrected chi connectivity index (χ4v) is 2.76. The Morgan fingerprint density at radius 3 is 2.77 bits per heavy atom. The molecular formula is C17H21N3O2. The molecule has 0 spiro atoms. The Hall–Kier alpha value is -2.17. The van der Waals surface area contributed by atoms with Crippen LogP contribution in [0.3, 0.4) is 0 Å². The summed E-state index contributed by atoms with van der Waals surface area (Å²) in [4.78, 5) is 18.5. The van der Waals surface area contributed by atoms with Crippen molar-refractivity contribution in [2.45, 2.75) is 33.1 Å². The summed E-state index contributed by atoms with van der Waals surface area (Å²) < 4.78 is 5.24. The first kappa shape index (κ1) is 14.8. The molecule has 0 radical (unpaired) electrons. The van der Waals surface area contributed by atoms with Crippen LogP contribution >= 0.6 is 0 Å². The van der Waals surface area contributed by atoms with Crippen LogP contribution in [0.4, 0.5) is 0 Å². The van der Waals surface area contributed by atoms with Crippen LogP contribution in [0.2, 0.25) is 0 Å². The van der Waals surface area contributed by atoms with Crippen molar-refractivity contribution in [1.82, 2.24) is 15.0 Å². The SMILES string of the molecule is CC1(C)CCN(C(=O)CCc2nc(-c3ccccc3)no2)C1. The van der Waals surface area contributed by atoms with Gasteiger partial charge in [-0.25, -0.2) is 0 Å². The van der Waals surface area contributed by atoms with E-state index in [1.165, 1.54) is 0 Å². The lowest BCUT2D eigenvalue weighted by Gasteiger charge is -2.19. The van der Waals surface area contributed by atoms with Gasteiger partial charge in [-0.3, -0.25) is 4.79 Å². The Labute approximate surface area is 130 Å². The highest BCUT2D eigenvalue weighted by Gasteiger charge is 2.31. The molecule has 0 atom stereocenters. The lowest BCUT2D eigenvalue weighted by Crippen LogP contribution is -2.30. The number of hydrogen-bond donors (Lipinski definition) is 0. The maximum absolute atomic E-state index is 12.2. The van der Waals surface area contributed by atoms with Crippen molar-refractivity contribution in [3.8, 4) is 11.4 Å². The van der Waals surface area contributed by atoms with Gasteiger partial charge in [-0.1, -0.05) is 49.3 Å². The van der Waals surface area contributed by atoms with Gasteiger partial charge in [0.2, 0.25) is 17.6 Å². The van der Waals surface area contributed by atoms with Crippen molar-refractivity contribution in [2.24, 2.45) is 5.41 Å². The molecule has 5 nitrogen and oxygen atoms in total. The second-order valence-corrected chi connectivity index (χ2v) is 6.61. The predicted molar refractivity (Wildman–Crippen MR) is 83.0 cm³/mol. The zero-order valence-electron chi connectivity index (χ0n) is 13.1. The molecule has 1 aromatic carbocycles. The Bertz CT molecular complexity index is 649. The molecular weight excluding hydrogens is 278 g/mol. The maximum Gasteiger partial charge on any atom is 0.227 e. The van der Waals surface area contributed by atoms with Gasteiger partial charge >= 0.3 is 0 Å². The highest BCUT2D eigenvalue weighted by Crippen LogP contribution is 2.29. The number of carbonyl (C=O) groups is 1. The minimum Gasteiger partial charge on any atom is -0.342 e. The van der Waals surface area contributed by atoms with Crippen molar-refractivity contribution < 1.29 is 9.32 Å². The van der Waals surface area contributed by atoms with Crippen LogP contribution < -0.4 is 0 Å². The minimum atomic E-state index is 0.171. The Morgan fingerprint density at radius 1 is 1.32 bits per heavy atom. The van der Waals surface area contributed by atoms with Crippen LogP contribution in [-0.4, -0.2) is 34.0 Å². The van der Waals surface area contributed by atoms with Gasteiger partial charge in [-0.2, -0.15) is 4.98 Å². The first-order valence-electron chi connectivity index (χ1n) is 7.69. The Kier molecular flexibility index (Phi) is 3.96. The number of hydrogen-bond acceptors (Lipinski definition) is 4. The number of carbonyl (C=O) groups excluding carboxylic acids is 1. The number of aromatic nitrogens is 2. The van der Waals surface area contributed by atoms with Crippen molar-refractivity contribution in [3.05, 3.63) is 36.2 Å². The number of amides is 1. The van der Waals surface area contributed by atoms with Crippen LogP contribution in [0, 0.1) is 5.41 Å². The van der Waals surface area contributed by atoms with Crippen molar-refractivity contribution in [3.63, 3.8) is 0 Å². The molecule has 2 aromatic rings. The van der Waals surface area contributed by atoms with Gasteiger partial charge in [0, 0.05) is 31.5 Å². The minimum absolute atomic E-state index is 0.171. The van der Waals surface area contributed by atoms with Crippen molar-refractivity contribution in [1.29, 1.82) is 0 Å². The average molecular weight is 299 g/mol. The molecule has 5 heteroatoms. The third-order valence-corrected chi connectivity index (χ3v) is 4.08. The topological polar surface area (TPSA) is 59.2 Å². The number of benzene rings is 1. The van der Waals surface area contributed by atoms with E-state index in [9.17, 15) is 4.79 Å². The first-order chi connectivity index (χ1) is 10.5. The Morgan fingerprint density at radius 2 is 2.09 bits per heavy atom. The van der Waals surface area contributed by atoms with E-state index in [1.807, 2.05) is 35.2 Å². The smallest absolute Gasteiger partial charge is 0.227 e. The summed E-state index contributed by atoms with van der Waals surface area (Å²) in [6, 6.07) is 9.69. The third kappa shape index (κ3) is 3.35. The van der Waals surface area contributed by atoms with Crippen molar-refractivity contribution >= 4 is 5.91 Å². The molecule has 3 rings (SSSR count). The summed E-state index contributed by atoms with van der Waals surface area (Å²) in [7, 11) is 0. The number of rotatable bonds is 4. The summed E-state index contributed by atoms with van der Waals surface area (Å²) in [6.07, 6.45) is 1.99. The molecule has 1 fully saturated rings. The molecule has 1 amide bonds. The average Bonchev–Trinajstić information content (AvgIpc) is 3.12. The summed E-state index contributed by atoms with van der Waals surface area (Å²) in [6.45, 7) is 6.09. The van der Waals surface area contributed by atoms with Crippen LogP contribution in [-0.2, 0) is 11.2 Å². The standard InChI is InChI=1S/C17H21N3O2/c1-17(2)10-11-20(12-17)15(21)9-8-14-18-16(19-22-14)13-6-4-3-5-7-13/h3-7H,8-12H2,1-2H3. The highest BCUT2D eigenvalue weighted by atomic mass is 16.5. The monoisotopic (exact) mass is 299 g/mol. The second-order valence-electron chi connectivity index (χ2n) is 6.61. The molecule has 2 heterocycles. The van der Waals surface area contributed by atoms with E-state index in [1.54, 1.807) is 0 Å². The maximum atomic E-state index is 12.2. The van der Waals surface area contributed by atoms with Crippen LogP contribution in [0.1, 0.15) is 32.6 Å². The fraction of sp³-hybridized carbons (Fsp3) is 0.471. The van der Waals surface area contributed by atoms with Crippen LogP contribution in [0.25, 0.3) is 11.4 Å². The molecule has 0 unspecified atom stereocenters. The molecule has 116 valence electrons. The lowest BCUT2D eigenvalue weighted by atomic mass is 9.93. The first-order valence-corrected chi connectivity index (χ1v) is 7.69. The van der Waals surface area contributed by atoms with Crippen LogP contribution in [0.15, 0.2) is 34.9 Å². The highest BCUT2D eigenvalue weighted by molar-refractivity contribution is 5.76. The molecule has 1 saturated heterocycles. The Balaban J connectivity index is 1.56. The third-order valence-electron chi connectivity index (χ3n) is 4.08. The zero-order chi connectivity index (χ0) is 15.6. The molecule has 0 saturated carbocycles. The van der Waals surface area contributed by atoms with E-state index in [2.05, 4.69) is 24.0 Å². The van der Waals surface area contributed by atoms with Gasteiger partial charge in [-0.05, 0) is 11.8 Å². The lowest BCUT2D eigenvalue weighted by molar-refractivity contribution is -0.130. The number of likely N-dealkylation sites (tertiary alicyclic amines) is 1. The van der Waals surface area contributed by atoms with E-state index in [-0.39, 0.29) is 11.3 Å². The molecule has 1 aliphatic heterocycles. The molecule has 1 aliphatic rings. The summed E-state index contributed by atoms with van der Waals surface area (Å²) in [5, 5.41) is 3.97. The molecule has 0 aliphatic carbocycles. The van der Waals surface area contributed by atoms with Gasteiger partial charge < -0.3 is 9.42 Å². The second kappa shape index (κ2) is 5.91. The largest absolute Gasteiger partial charge is 0.342 e. The molecule has 0 bridgehead atoms. The predicted octanol–water partition coefficient (Wildman–Crippen LogP) is 2.93. The van der Waals surface area contributed by atoms with Crippen molar-refractivity contribution in [2.75, 3.05) is 13.1 Å². The van der Waals surface area contributed by atoms with Gasteiger partial charge in [0.05, 0.1) is 0 Å². The van der Waals surface area contributed by atoms with E-state index < -0.39 is 0 Å². The number of nitrogens with zero attached hydrogens (tertiary/aromatic N) is 3. The molecule has 22 heavy (non-hydrogen) atoms. The van der Waals surface area contributed by atoms with E-state index in [4.69, 9.17) is 4.52 Å². The summed E-state index contributed by atoms with van der Waals surface area (Å²) in [5.41, 5.74) is 1.16. The quantitative estimate of drug-likeness (QED) is 0.871. The van der Waals surface area contributed by atoms with E-state index >= 15 is 0 Å². The van der Waals surface area contributed by atoms with Gasteiger partial charge in [0.25, 0.3) is 0 Å². The van der Waals surface area contributed by atoms with Gasteiger partial charge in [-0.15, -0.1) is 0 Å². The van der Waals surface area contributed by atoms with Gasteiger partial charge in [0.1, 0.15) is 0 Å². The van der Waals surface area contributed by atoms with E-state index in [0.717, 1.165) is 25.1 Å². The zero-order valence-corrected chi connectivity index (χ0v) is 13.1. The normalized spacial score (nSPS) is 16.9. The fourth-order valence-electron chi connectivity index (χ4n) is 2.76. The summed E-state index contributed by atoms with van der Waals surface area (Å²) >= 11 is 0. The van der Waals surface area contributed by atoms with E-state index in [0.29, 0.717) is 24.6 Å². The van der Waals surface area contributed by atoms with Gasteiger partial charge in [0.15, 0.2) is 0 Å². The number of aryl methyl sites for hydroxylation is 1.